The second-order valence-corrected chi connectivity index (χ2v) is 15.8. The van der Waals surface area contributed by atoms with Crippen LogP contribution in [0.3, 0.4) is 0 Å². The largest absolute Gasteiger partial charge is 0.748 e. The number of benzene rings is 4. The van der Waals surface area contributed by atoms with E-state index in [-0.39, 0.29) is 17.1 Å². The van der Waals surface area contributed by atoms with Crippen LogP contribution in [0, 0.1) is 27.7 Å². The van der Waals surface area contributed by atoms with Gasteiger partial charge >= 0.3 is 0 Å². The molecule has 1 atom stereocenters. The molecular formula is C40H40FeP2-6. The van der Waals surface area contributed by atoms with Crippen molar-refractivity contribution in [1.29, 1.82) is 0 Å². The van der Waals surface area contributed by atoms with Gasteiger partial charge < -0.3 is 30.3 Å². The molecule has 6 rings (SSSR count). The molecule has 43 heavy (non-hydrogen) atoms. The zero-order valence-corrected chi connectivity index (χ0v) is 28.6. The topological polar surface area (TPSA) is 0 Å². The number of aryl methyl sites for hydroxylation is 4. The maximum atomic E-state index is 2.46. The summed E-state index contributed by atoms with van der Waals surface area (Å²) in [5, 5.41) is 7.25. The van der Waals surface area contributed by atoms with Crippen molar-refractivity contribution < 1.29 is 17.1 Å². The van der Waals surface area contributed by atoms with E-state index in [2.05, 4.69) is 150 Å². The molecule has 0 aliphatic rings. The van der Waals surface area contributed by atoms with E-state index < -0.39 is 15.8 Å². The third-order valence-corrected chi connectivity index (χ3v) is 12.7. The van der Waals surface area contributed by atoms with Gasteiger partial charge in [0.05, 0.1) is 0 Å². The third-order valence-electron chi connectivity index (χ3n) is 7.46. The molecule has 0 aliphatic heterocycles. The molecule has 0 amide bonds. The average Bonchev–Trinajstić information content (AvgIpc) is 3.70. The Morgan fingerprint density at radius 2 is 0.907 bits per heavy atom. The minimum absolute atomic E-state index is 0. The molecule has 0 aliphatic carbocycles. The summed E-state index contributed by atoms with van der Waals surface area (Å²) in [5.74, 6) is 0. The van der Waals surface area contributed by atoms with Crippen LogP contribution in [0.4, 0.5) is 0 Å². The molecule has 6 aromatic rings. The average molecular weight is 639 g/mol. The van der Waals surface area contributed by atoms with Crippen LogP contribution in [0.1, 0.15) is 40.4 Å². The molecule has 0 saturated heterocycles. The number of rotatable bonds is 7. The van der Waals surface area contributed by atoms with Crippen molar-refractivity contribution in [2.75, 3.05) is 0 Å². The van der Waals surface area contributed by atoms with E-state index in [1.54, 1.807) is 0 Å². The van der Waals surface area contributed by atoms with Crippen LogP contribution in [-0.2, 0) is 17.1 Å². The molecule has 0 saturated carbocycles. The Morgan fingerprint density at radius 1 is 0.512 bits per heavy atom. The predicted octanol–water partition coefficient (Wildman–Crippen LogP) is 8.99. The van der Waals surface area contributed by atoms with Gasteiger partial charge in [-0.05, 0) is 70.4 Å². The van der Waals surface area contributed by atoms with E-state index >= 15 is 0 Å². The van der Waals surface area contributed by atoms with E-state index in [4.69, 9.17) is 0 Å². The van der Waals surface area contributed by atoms with Gasteiger partial charge in [-0.15, -0.1) is 10.9 Å². The van der Waals surface area contributed by atoms with Crippen molar-refractivity contribution in [3.8, 4) is 0 Å². The summed E-state index contributed by atoms with van der Waals surface area (Å²) in [7, 11) is -1.24. The van der Waals surface area contributed by atoms with E-state index in [1.165, 1.54) is 54.3 Å². The Morgan fingerprint density at radius 3 is 1.30 bits per heavy atom. The molecule has 0 spiro atoms. The van der Waals surface area contributed by atoms with Gasteiger partial charge in [0.2, 0.25) is 0 Å². The Balaban J connectivity index is 0.000000641. The molecule has 0 nitrogen and oxygen atoms in total. The maximum absolute atomic E-state index is 2.46. The SMILES string of the molecule is Cc1cc(C)cc(P(c2cc(C)cc(C)c2)C(C)[c-]2cccc2P(c2ccccc2)c2ccccc2)c1.[Fe].[cH-]1[cH-][cH-][cH-][cH-]1. The molecule has 3 heteroatoms. The van der Waals surface area contributed by atoms with E-state index in [9.17, 15) is 0 Å². The first-order valence-electron chi connectivity index (χ1n) is 14.7. The van der Waals surface area contributed by atoms with Crippen LogP contribution < -0.4 is 26.5 Å². The summed E-state index contributed by atoms with van der Waals surface area (Å²) in [6.07, 6.45) is 0. The smallest absolute Gasteiger partial charge is 0 e. The number of hydrogen-bond acceptors (Lipinski definition) is 0. The zero-order valence-electron chi connectivity index (χ0n) is 25.7. The molecule has 1 unspecified atom stereocenters. The predicted molar refractivity (Wildman–Crippen MR) is 189 cm³/mol. The Bertz CT molecular complexity index is 1540. The van der Waals surface area contributed by atoms with Gasteiger partial charge in [0.25, 0.3) is 0 Å². The molecule has 0 bridgehead atoms. The fraction of sp³-hybridized carbons (Fsp3) is 0.150. The van der Waals surface area contributed by atoms with Crippen LogP contribution in [0.2, 0.25) is 0 Å². The summed E-state index contributed by atoms with van der Waals surface area (Å²) in [5.41, 5.74) is 7.26. The van der Waals surface area contributed by atoms with Crippen molar-refractivity contribution >= 4 is 42.4 Å². The summed E-state index contributed by atoms with van der Waals surface area (Å²) < 4.78 is 0. The molecule has 0 radical (unpaired) electrons. The summed E-state index contributed by atoms with van der Waals surface area (Å²) in [6, 6.07) is 53.5. The first kappa shape index (κ1) is 32.9. The van der Waals surface area contributed by atoms with E-state index in [1.807, 2.05) is 30.3 Å². The Hall–Kier alpha value is -3.04. The fourth-order valence-electron chi connectivity index (χ4n) is 5.80. The van der Waals surface area contributed by atoms with E-state index in [0.717, 1.165) is 0 Å². The first-order valence-corrected chi connectivity index (χ1v) is 17.4. The van der Waals surface area contributed by atoms with Crippen LogP contribution in [0.25, 0.3) is 0 Å². The standard InChI is InChI=1S/C35H35P2.C5H5.Fe/c1-25-19-26(2)22-32(21-25)36(33-23-27(3)20-28(4)24-33)29(5)34-17-12-18-35(34)37(30-13-8-6-9-14-30)31-15-10-7-11-16-31;1-2-4-5-3-1;/h6-24,29H,1-5H3;1-5H;/q-1;-5;. The van der Waals surface area contributed by atoms with Gasteiger partial charge in [0.15, 0.2) is 0 Å². The van der Waals surface area contributed by atoms with Crippen molar-refractivity contribution in [2.24, 2.45) is 0 Å². The third kappa shape index (κ3) is 8.32. The fourth-order valence-corrected chi connectivity index (χ4v) is 11.5. The van der Waals surface area contributed by atoms with Crippen LogP contribution in [0.5, 0.6) is 0 Å². The van der Waals surface area contributed by atoms with Gasteiger partial charge in [-0.25, -0.2) is 12.1 Å². The maximum Gasteiger partial charge on any atom is 0 e. The van der Waals surface area contributed by atoms with Crippen molar-refractivity contribution in [2.45, 2.75) is 40.3 Å². The van der Waals surface area contributed by atoms with Crippen LogP contribution in [0.15, 0.2) is 146 Å². The zero-order chi connectivity index (χ0) is 29.5. The second kappa shape index (κ2) is 15.6. The molecular weight excluding hydrogens is 598 g/mol. The van der Waals surface area contributed by atoms with Crippen molar-refractivity contribution in [3.05, 3.63) is 173 Å². The van der Waals surface area contributed by atoms with Crippen LogP contribution in [-0.4, -0.2) is 0 Å². The van der Waals surface area contributed by atoms with Gasteiger partial charge in [0.1, 0.15) is 0 Å². The van der Waals surface area contributed by atoms with Crippen molar-refractivity contribution in [3.63, 3.8) is 0 Å². The van der Waals surface area contributed by atoms with Crippen molar-refractivity contribution in [1.82, 2.24) is 0 Å². The second-order valence-electron chi connectivity index (χ2n) is 11.1. The Labute approximate surface area is 271 Å². The molecule has 0 fully saturated rings. The molecule has 0 N–H and O–H groups in total. The summed E-state index contributed by atoms with van der Waals surface area (Å²) >= 11 is 0. The molecule has 0 heterocycles. The van der Waals surface area contributed by atoms with E-state index in [0.29, 0.717) is 5.66 Å². The van der Waals surface area contributed by atoms with Gasteiger partial charge in [-0.2, -0.15) is 6.07 Å². The number of hydrogen-bond donors (Lipinski definition) is 0. The first-order chi connectivity index (χ1) is 20.4. The summed E-state index contributed by atoms with van der Waals surface area (Å²) in [6.45, 7) is 11.4. The molecule has 224 valence electrons. The molecule has 0 aromatic heterocycles. The molecule has 6 aromatic carbocycles. The quantitative estimate of drug-likeness (QED) is 0.0931. The summed E-state index contributed by atoms with van der Waals surface area (Å²) in [4.78, 5) is 0. The van der Waals surface area contributed by atoms with Gasteiger partial charge in [-0.1, -0.05) is 126 Å². The van der Waals surface area contributed by atoms with Gasteiger partial charge in [-0.3, -0.25) is 0 Å². The Kier molecular flexibility index (Phi) is 11.9. The minimum Gasteiger partial charge on any atom is -0.748 e. The monoisotopic (exact) mass is 638 g/mol. The van der Waals surface area contributed by atoms with Gasteiger partial charge in [0, 0.05) is 17.1 Å². The van der Waals surface area contributed by atoms with Crippen LogP contribution >= 0.6 is 15.8 Å². The normalized spacial score (nSPS) is 11.5. The minimum atomic E-state index is -0.639.